The predicted molar refractivity (Wildman–Crippen MR) is 129 cm³/mol. The van der Waals surface area contributed by atoms with Crippen LogP contribution < -0.4 is 14.8 Å². The van der Waals surface area contributed by atoms with Gasteiger partial charge in [-0.05, 0) is 85.7 Å². The van der Waals surface area contributed by atoms with Gasteiger partial charge in [-0.1, -0.05) is 36.4 Å². The maximum absolute atomic E-state index is 12.7. The minimum Gasteiger partial charge on any atom is -0.484 e. The van der Waals surface area contributed by atoms with Gasteiger partial charge in [-0.25, -0.2) is 8.42 Å². The molecule has 0 bridgehead atoms. The van der Waals surface area contributed by atoms with E-state index in [2.05, 4.69) is 22.2 Å². The number of aryl methyl sites for hydroxylation is 3. The van der Waals surface area contributed by atoms with Gasteiger partial charge >= 0.3 is 0 Å². The summed E-state index contributed by atoms with van der Waals surface area (Å²) < 4.78 is 33.7. The number of fused-ring (bicyclic) bond motifs is 1. The first-order chi connectivity index (χ1) is 15.8. The first-order valence-corrected chi connectivity index (χ1v) is 12.5. The third-order valence-corrected chi connectivity index (χ3v) is 7.23. The van der Waals surface area contributed by atoms with Crippen molar-refractivity contribution in [3.8, 4) is 5.75 Å². The van der Waals surface area contributed by atoms with Gasteiger partial charge < -0.3 is 10.1 Å². The van der Waals surface area contributed by atoms with Crippen LogP contribution >= 0.6 is 0 Å². The van der Waals surface area contributed by atoms with Gasteiger partial charge in [0.1, 0.15) is 5.75 Å². The summed E-state index contributed by atoms with van der Waals surface area (Å²) in [5, 5.41) is 3.05. The Bertz CT molecular complexity index is 1250. The molecule has 0 aliphatic heterocycles. The highest BCUT2D eigenvalue weighted by molar-refractivity contribution is 7.92. The van der Waals surface area contributed by atoms with Crippen molar-refractivity contribution in [2.45, 2.75) is 44.0 Å². The fraction of sp³-hybridized carbons (Fsp3) is 0.269. The van der Waals surface area contributed by atoms with Gasteiger partial charge in [-0.2, -0.15) is 0 Å². The lowest BCUT2D eigenvalue weighted by atomic mass is 9.88. The highest BCUT2D eigenvalue weighted by Gasteiger charge is 2.21. The third kappa shape index (κ3) is 5.54. The number of amides is 1. The molecule has 0 fully saturated rings. The molecule has 0 saturated heterocycles. The number of anilines is 1. The van der Waals surface area contributed by atoms with Crippen LogP contribution in [-0.4, -0.2) is 20.9 Å². The molecule has 0 saturated carbocycles. The molecule has 7 heteroatoms. The molecule has 0 heterocycles. The standard InChI is InChI=1S/C26H28N2O4S/c1-18-10-11-19(2)25(16-18)28-33(30,31)22-14-12-21(13-15-22)32-17-26(29)27-24-9-5-7-20-6-3-4-8-23(20)24/h3-4,6,8,10-16,24,28H,5,7,9,17H2,1-2H3,(H,27,29)/t24-/m0/s1. The Morgan fingerprint density at radius 3 is 2.58 bits per heavy atom. The lowest BCUT2D eigenvalue weighted by molar-refractivity contribution is -0.124. The van der Waals surface area contributed by atoms with Crippen molar-refractivity contribution in [2.75, 3.05) is 11.3 Å². The summed E-state index contributed by atoms with van der Waals surface area (Å²) in [6.07, 6.45) is 2.98. The van der Waals surface area contributed by atoms with E-state index in [1.807, 2.05) is 38.1 Å². The molecular formula is C26H28N2O4S. The molecule has 4 rings (SSSR count). The van der Waals surface area contributed by atoms with Crippen LogP contribution in [0.1, 0.15) is 41.1 Å². The van der Waals surface area contributed by atoms with Gasteiger partial charge in [0.05, 0.1) is 16.6 Å². The van der Waals surface area contributed by atoms with Gasteiger partial charge in [-0.15, -0.1) is 0 Å². The number of hydrogen-bond donors (Lipinski definition) is 2. The molecular weight excluding hydrogens is 436 g/mol. The molecule has 2 N–H and O–H groups in total. The van der Waals surface area contributed by atoms with Gasteiger partial charge in [0, 0.05) is 0 Å². The quantitative estimate of drug-likeness (QED) is 0.532. The number of rotatable bonds is 7. The van der Waals surface area contributed by atoms with E-state index in [1.165, 1.54) is 23.3 Å². The predicted octanol–water partition coefficient (Wildman–Crippen LogP) is 4.68. The van der Waals surface area contributed by atoms with Crippen LogP contribution in [0.5, 0.6) is 5.75 Å². The summed E-state index contributed by atoms with van der Waals surface area (Å²) in [6.45, 7) is 3.63. The molecule has 6 nitrogen and oxygen atoms in total. The molecule has 1 atom stereocenters. The van der Waals surface area contributed by atoms with Crippen molar-refractivity contribution >= 4 is 21.6 Å². The summed E-state index contributed by atoms with van der Waals surface area (Å²) in [5.74, 6) is 0.227. The van der Waals surface area contributed by atoms with Gasteiger partial charge in [0.25, 0.3) is 15.9 Å². The molecule has 1 aliphatic carbocycles. The van der Waals surface area contributed by atoms with Crippen molar-refractivity contribution < 1.29 is 17.9 Å². The van der Waals surface area contributed by atoms with Gasteiger partial charge in [0.2, 0.25) is 0 Å². The number of ether oxygens (including phenoxy) is 1. The fourth-order valence-electron chi connectivity index (χ4n) is 4.05. The minimum absolute atomic E-state index is 0.00489. The Morgan fingerprint density at radius 1 is 1.03 bits per heavy atom. The smallest absolute Gasteiger partial charge is 0.261 e. The zero-order valence-electron chi connectivity index (χ0n) is 18.8. The second-order valence-electron chi connectivity index (χ2n) is 8.40. The normalized spacial score (nSPS) is 15.4. The SMILES string of the molecule is Cc1ccc(C)c(NS(=O)(=O)c2ccc(OCC(=O)N[C@H]3CCCc4ccccc43)cc2)c1. The highest BCUT2D eigenvalue weighted by atomic mass is 32.2. The van der Waals surface area contributed by atoms with Crippen LogP contribution in [0.15, 0.2) is 71.6 Å². The topological polar surface area (TPSA) is 84.5 Å². The van der Waals surface area contributed by atoms with E-state index in [4.69, 9.17) is 4.74 Å². The Hall–Kier alpha value is -3.32. The van der Waals surface area contributed by atoms with Crippen molar-refractivity contribution in [2.24, 2.45) is 0 Å². The number of carbonyl (C=O) groups is 1. The first kappa shape index (κ1) is 22.9. The van der Waals surface area contributed by atoms with E-state index in [0.29, 0.717) is 11.4 Å². The average Bonchev–Trinajstić information content (AvgIpc) is 2.80. The Balaban J connectivity index is 1.35. The second kappa shape index (κ2) is 9.67. The van der Waals surface area contributed by atoms with E-state index in [0.717, 1.165) is 30.4 Å². The second-order valence-corrected chi connectivity index (χ2v) is 10.1. The van der Waals surface area contributed by atoms with E-state index >= 15 is 0 Å². The molecule has 0 spiro atoms. The molecule has 1 aliphatic rings. The summed E-state index contributed by atoms with van der Waals surface area (Å²) >= 11 is 0. The fourth-order valence-corrected chi connectivity index (χ4v) is 5.17. The molecule has 172 valence electrons. The van der Waals surface area contributed by atoms with Crippen LogP contribution in [0.4, 0.5) is 5.69 Å². The van der Waals surface area contributed by atoms with Crippen molar-refractivity contribution in [1.29, 1.82) is 0 Å². The van der Waals surface area contributed by atoms with Gasteiger partial charge in [0.15, 0.2) is 6.61 Å². The Morgan fingerprint density at radius 2 is 1.79 bits per heavy atom. The molecule has 0 aromatic heterocycles. The number of sulfonamides is 1. The zero-order chi connectivity index (χ0) is 23.4. The van der Waals surface area contributed by atoms with Crippen LogP contribution in [0.2, 0.25) is 0 Å². The highest BCUT2D eigenvalue weighted by Crippen LogP contribution is 2.29. The lowest BCUT2D eigenvalue weighted by Crippen LogP contribution is -2.34. The lowest BCUT2D eigenvalue weighted by Gasteiger charge is -2.26. The Labute approximate surface area is 195 Å². The number of carbonyl (C=O) groups excluding carboxylic acids is 1. The number of nitrogens with one attached hydrogen (secondary N) is 2. The van der Waals surface area contributed by atoms with E-state index in [-0.39, 0.29) is 23.5 Å². The van der Waals surface area contributed by atoms with E-state index in [1.54, 1.807) is 18.2 Å². The van der Waals surface area contributed by atoms with Crippen LogP contribution in [0.25, 0.3) is 0 Å². The first-order valence-electron chi connectivity index (χ1n) is 11.0. The summed E-state index contributed by atoms with van der Waals surface area (Å²) in [4.78, 5) is 12.6. The monoisotopic (exact) mass is 464 g/mol. The molecule has 0 unspecified atom stereocenters. The maximum atomic E-state index is 12.7. The van der Waals surface area contributed by atoms with E-state index in [9.17, 15) is 13.2 Å². The molecule has 3 aromatic carbocycles. The number of hydrogen-bond acceptors (Lipinski definition) is 4. The van der Waals surface area contributed by atoms with Crippen LogP contribution in [0, 0.1) is 13.8 Å². The molecule has 0 radical (unpaired) electrons. The van der Waals surface area contributed by atoms with Crippen LogP contribution in [-0.2, 0) is 21.2 Å². The van der Waals surface area contributed by atoms with Gasteiger partial charge in [-0.3, -0.25) is 9.52 Å². The summed E-state index contributed by atoms with van der Waals surface area (Å²) in [5.41, 5.74) is 4.81. The van der Waals surface area contributed by atoms with E-state index < -0.39 is 10.0 Å². The minimum atomic E-state index is -3.73. The molecule has 1 amide bonds. The maximum Gasteiger partial charge on any atom is 0.261 e. The largest absolute Gasteiger partial charge is 0.484 e. The molecule has 3 aromatic rings. The van der Waals surface area contributed by atoms with Crippen molar-refractivity contribution in [3.63, 3.8) is 0 Å². The number of benzene rings is 3. The summed E-state index contributed by atoms with van der Waals surface area (Å²) in [6, 6.07) is 19.8. The van der Waals surface area contributed by atoms with Crippen molar-refractivity contribution in [3.05, 3.63) is 89.0 Å². The Kier molecular flexibility index (Phi) is 6.70. The zero-order valence-corrected chi connectivity index (χ0v) is 19.6. The summed E-state index contributed by atoms with van der Waals surface area (Å²) in [7, 11) is -3.73. The van der Waals surface area contributed by atoms with Crippen LogP contribution in [0.3, 0.4) is 0 Å². The van der Waals surface area contributed by atoms with Crippen molar-refractivity contribution in [1.82, 2.24) is 5.32 Å². The molecule has 33 heavy (non-hydrogen) atoms. The third-order valence-electron chi connectivity index (χ3n) is 5.85. The average molecular weight is 465 g/mol.